The second kappa shape index (κ2) is 6.53. The molecule has 2 heterocycles. The van der Waals surface area contributed by atoms with Gasteiger partial charge in [0.25, 0.3) is 0 Å². The van der Waals surface area contributed by atoms with Crippen molar-refractivity contribution in [3.05, 3.63) is 16.0 Å². The molecule has 1 unspecified atom stereocenters. The summed E-state index contributed by atoms with van der Waals surface area (Å²) < 4.78 is 10.6. The first-order valence-corrected chi connectivity index (χ1v) is 6.69. The van der Waals surface area contributed by atoms with Crippen LogP contribution in [0.3, 0.4) is 0 Å². The maximum Gasteiger partial charge on any atom is 0.356 e. The second-order valence-electron chi connectivity index (χ2n) is 4.28. The van der Waals surface area contributed by atoms with Gasteiger partial charge in [0, 0.05) is 12.5 Å². The summed E-state index contributed by atoms with van der Waals surface area (Å²) in [5, 5.41) is 11.6. The highest BCUT2D eigenvalue weighted by Crippen LogP contribution is 2.25. The van der Waals surface area contributed by atoms with E-state index in [9.17, 15) is 4.79 Å². The van der Waals surface area contributed by atoms with E-state index in [-0.39, 0.29) is 34.1 Å². The summed E-state index contributed by atoms with van der Waals surface area (Å²) in [5.74, 6) is -1.11. The number of hydrogen-bond donors (Lipinski definition) is 2. The highest BCUT2D eigenvalue weighted by molar-refractivity contribution is 6.36. The molecule has 2 atom stereocenters. The lowest BCUT2D eigenvalue weighted by Crippen LogP contribution is -2.34. The van der Waals surface area contributed by atoms with Crippen molar-refractivity contribution >= 4 is 35.0 Å². The molecule has 0 aliphatic carbocycles. The Bertz CT molecular complexity index is 511. The number of nitrogens with zero attached hydrogens (tertiary/aromatic N) is 2. The zero-order valence-electron chi connectivity index (χ0n) is 10.6. The molecule has 1 saturated heterocycles. The minimum atomic E-state index is -1.27. The van der Waals surface area contributed by atoms with Gasteiger partial charge in [-0.15, -0.1) is 0 Å². The Morgan fingerprint density at radius 3 is 2.85 bits per heavy atom. The highest BCUT2D eigenvalue weighted by Gasteiger charge is 2.21. The fourth-order valence-corrected chi connectivity index (χ4v) is 1.92. The minimum Gasteiger partial charge on any atom is -0.476 e. The summed E-state index contributed by atoms with van der Waals surface area (Å²) in [7, 11) is 0. The first kappa shape index (κ1) is 15.2. The number of carbonyl (C=O) groups is 1. The molecule has 1 aliphatic heterocycles. The van der Waals surface area contributed by atoms with Crippen molar-refractivity contribution in [1.29, 1.82) is 0 Å². The SMILES string of the molecule is CC(CO[C@@H]1CCO1)Nc1nc(Cl)nc(C(=O)O)c1Cl. The van der Waals surface area contributed by atoms with E-state index >= 15 is 0 Å². The van der Waals surface area contributed by atoms with Gasteiger partial charge in [0.2, 0.25) is 5.28 Å². The lowest BCUT2D eigenvalue weighted by molar-refractivity contribution is -0.215. The third-order valence-corrected chi connectivity index (χ3v) is 3.13. The predicted molar refractivity (Wildman–Crippen MR) is 72.4 cm³/mol. The van der Waals surface area contributed by atoms with E-state index in [0.29, 0.717) is 13.2 Å². The van der Waals surface area contributed by atoms with Crippen molar-refractivity contribution < 1.29 is 19.4 Å². The summed E-state index contributed by atoms with van der Waals surface area (Å²) in [4.78, 5) is 18.4. The molecule has 0 aromatic carbocycles. The predicted octanol–water partition coefficient (Wildman–Crippen LogP) is 2.04. The van der Waals surface area contributed by atoms with E-state index < -0.39 is 5.97 Å². The fraction of sp³-hybridized carbons (Fsp3) is 0.545. The number of anilines is 1. The van der Waals surface area contributed by atoms with E-state index in [0.717, 1.165) is 6.42 Å². The largest absolute Gasteiger partial charge is 0.476 e. The summed E-state index contributed by atoms with van der Waals surface area (Å²) in [6.45, 7) is 2.91. The maximum absolute atomic E-state index is 11.0. The molecule has 2 rings (SSSR count). The molecule has 0 spiro atoms. The maximum atomic E-state index is 11.0. The summed E-state index contributed by atoms with van der Waals surface area (Å²) in [6, 6.07) is -0.149. The van der Waals surface area contributed by atoms with E-state index in [4.69, 9.17) is 37.8 Å². The molecule has 1 aromatic rings. The highest BCUT2D eigenvalue weighted by atomic mass is 35.5. The molecule has 110 valence electrons. The number of aromatic carboxylic acids is 1. The standard InChI is InChI=1S/C11H13Cl2N3O4/c1-5(4-20-6-2-3-19-6)14-9-7(12)8(10(17)18)15-11(13)16-9/h5-6H,2-4H2,1H3,(H,17,18)(H,14,15,16)/t5?,6-/m1/s1. The number of halogens is 2. The number of carboxylic acid groups (broad SMARTS) is 1. The fourth-order valence-electron chi connectivity index (χ4n) is 1.53. The molecule has 1 fully saturated rings. The Morgan fingerprint density at radius 2 is 2.30 bits per heavy atom. The van der Waals surface area contributed by atoms with Gasteiger partial charge in [-0.25, -0.2) is 9.78 Å². The number of rotatable bonds is 6. The van der Waals surface area contributed by atoms with Gasteiger partial charge in [-0.3, -0.25) is 0 Å². The molecule has 2 N–H and O–H groups in total. The van der Waals surface area contributed by atoms with Crippen molar-refractivity contribution in [3.63, 3.8) is 0 Å². The van der Waals surface area contributed by atoms with Gasteiger partial charge in [0.05, 0.1) is 13.2 Å². The van der Waals surface area contributed by atoms with Gasteiger partial charge >= 0.3 is 5.97 Å². The number of hydrogen-bond acceptors (Lipinski definition) is 6. The molecule has 20 heavy (non-hydrogen) atoms. The molecule has 0 saturated carbocycles. The van der Waals surface area contributed by atoms with Crippen molar-refractivity contribution in [1.82, 2.24) is 9.97 Å². The molecule has 1 aromatic heterocycles. The molecule has 0 amide bonds. The van der Waals surface area contributed by atoms with Crippen molar-refractivity contribution in [2.75, 3.05) is 18.5 Å². The quantitative estimate of drug-likeness (QED) is 0.774. The van der Waals surface area contributed by atoms with E-state index in [1.807, 2.05) is 6.92 Å². The molecule has 7 nitrogen and oxygen atoms in total. The second-order valence-corrected chi connectivity index (χ2v) is 4.99. The molecule has 1 aliphatic rings. The van der Waals surface area contributed by atoms with Crippen LogP contribution >= 0.6 is 23.2 Å². The smallest absolute Gasteiger partial charge is 0.356 e. The minimum absolute atomic E-state index is 0.0892. The van der Waals surface area contributed by atoms with Crippen LogP contribution in [0.2, 0.25) is 10.3 Å². The molecular weight excluding hydrogens is 309 g/mol. The summed E-state index contributed by atoms with van der Waals surface area (Å²) in [6.07, 6.45) is 0.703. The number of aromatic nitrogens is 2. The van der Waals surface area contributed by atoms with Crippen LogP contribution in [0.5, 0.6) is 0 Å². The van der Waals surface area contributed by atoms with Crippen molar-refractivity contribution in [2.24, 2.45) is 0 Å². The number of carboxylic acids is 1. The molecule has 0 bridgehead atoms. The van der Waals surface area contributed by atoms with Crippen LogP contribution in [-0.2, 0) is 9.47 Å². The van der Waals surface area contributed by atoms with E-state index in [2.05, 4.69) is 15.3 Å². The average Bonchev–Trinajstić information content (AvgIpc) is 2.31. The van der Waals surface area contributed by atoms with Gasteiger partial charge in [-0.2, -0.15) is 4.98 Å². The Balaban J connectivity index is 2.01. The summed E-state index contributed by atoms with van der Waals surface area (Å²) in [5.41, 5.74) is -0.343. The monoisotopic (exact) mass is 321 g/mol. The van der Waals surface area contributed by atoms with Crippen molar-refractivity contribution in [3.8, 4) is 0 Å². The van der Waals surface area contributed by atoms with Gasteiger partial charge < -0.3 is 19.9 Å². The Labute approximate surface area is 125 Å². The van der Waals surface area contributed by atoms with Gasteiger partial charge in [-0.1, -0.05) is 11.6 Å². The Kier molecular flexibility index (Phi) is 4.98. The third-order valence-electron chi connectivity index (χ3n) is 2.60. The Hall–Kier alpha value is -1.15. The average molecular weight is 322 g/mol. The van der Waals surface area contributed by atoms with Crippen LogP contribution in [0, 0.1) is 0 Å². The lowest BCUT2D eigenvalue weighted by Gasteiger charge is -2.27. The number of ether oxygens (including phenoxy) is 2. The van der Waals surface area contributed by atoms with Gasteiger partial charge in [0.1, 0.15) is 5.02 Å². The summed E-state index contributed by atoms with van der Waals surface area (Å²) >= 11 is 11.6. The van der Waals surface area contributed by atoms with Crippen LogP contribution in [0.25, 0.3) is 0 Å². The van der Waals surface area contributed by atoms with E-state index in [1.165, 1.54) is 0 Å². The first-order valence-electron chi connectivity index (χ1n) is 5.93. The van der Waals surface area contributed by atoms with Crippen LogP contribution in [-0.4, -0.2) is 46.6 Å². The van der Waals surface area contributed by atoms with Crippen molar-refractivity contribution in [2.45, 2.75) is 25.7 Å². The van der Waals surface area contributed by atoms with E-state index in [1.54, 1.807) is 0 Å². The van der Waals surface area contributed by atoms with Crippen LogP contribution in [0.15, 0.2) is 0 Å². The van der Waals surface area contributed by atoms with Crippen LogP contribution < -0.4 is 5.32 Å². The third kappa shape index (κ3) is 3.69. The molecule has 0 radical (unpaired) electrons. The molecule has 9 heteroatoms. The van der Waals surface area contributed by atoms with Gasteiger partial charge in [0.15, 0.2) is 17.8 Å². The normalized spacial score (nSPS) is 19.2. The lowest BCUT2D eigenvalue weighted by atomic mass is 10.3. The molecular formula is C11H13Cl2N3O4. The topological polar surface area (TPSA) is 93.6 Å². The zero-order valence-corrected chi connectivity index (χ0v) is 12.1. The van der Waals surface area contributed by atoms with Crippen LogP contribution in [0.1, 0.15) is 23.8 Å². The van der Waals surface area contributed by atoms with Gasteiger partial charge in [-0.05, 0) is 18.5 Å². The van der Waals surface area contributed by atoms with Crippen LogP contribution in [0.4, 0.5) is 5.82 Å². The Morgan fingerprint density at radius 1 is 1.60 bits per heavy atom. The zero-order chi connectivity index (χ0) is 14.7. The number of nitrogens with one attached hydrogen (secondary N) is 1. The first-order chi connectivity index (χ1) is 9.47.